The predicted octanol–water partition coefficient (Wildman–Crippen LogP) is 2.03. The minimum absolute atomic E-state index is 0.487. The molecule has 0 aliphatic rings. The van der Waals surface area contributed by atoms with Gasteiger partial charge in [0.2, 0.25) is 0 Å². The van der Waals surface area contributed by atoms with Gasteiger partial charge in [-0.2, -0.15) is 0 Å². The molecule has 1 aromatic carbocycles. The number of benzene rings is 1. The van der Waals surface area contributed by atoms with Crippen molar-refractivity contribution in [2.75, 3.05) is 27.7 Å². The molecule has 84 valence electrons. The average molecular weight is 227 g/mol. The summed E-state index contributed by atoms with van der Waals surface area (Å²) in [6, 6.07) is 8.55. The van der Waals surface area contributed by atoms with E-state index in [-0.39, 0.29) is 0 Å². The van der Waals surface area contributed by atoms with Gasteiger partial charge in [0.1, 0.15) is 0 Å². The first-order valence-electron chi connectivity index (χ1n) is 5.18. The molecule has 0 heterocycles. The van der Waals surface area contributed by atoms with Crippen LogP contribution in [0.3, 0.4) is 0 Å². The van der Waals surface area contributed by atoms with Crippen LogP contribution in [0.15, 0.2) is 24.3 Å². The van der Waals surface area contributed by atoms with Gasteiger partial charge < -0.3 is 10.2 Å². The second-order valence-corrected chi connectivity index (χ2v) is 4.51. The van der Waals surface area contributed by atoms with Crippen LogP contribution in [0.5, 0.6) is 0 Å². The van der Waals surface area contributed by atoms with Crippen molar-refractivity contribution in [1.29, 1.82) is 0 Å². The number of hydrogen-bond acceptors (Lipinski definition) is 2. The van der Waals surface area contributed by atoms with Gasteiger partial charge in [-0.1, -0.05) is 23.7 Å². The molecule has 1 aromatic rings. The van der Waals surface area contributed by atoms with E-state index < -0.39 is 0 Å². The fraction of sp³-hybridized carbons (Fsp3) is 0.500. The van der Waals surface area contributed by atoms with E-state index in [2.05, 4.69) is 36.4 Å². The molecule has 1 atom stereocenters. The smallest absolute Gasteiger partial charge is 0.0406 e. The van der Waals surface area contributed by atoms with Gasteiger partial charge in [-0.3, -0.25) is 0 Å². The van der Waals surface area contributed by atoms with Crippen LogP contribution >= 0.6 is 11.6 Å². The fourth-order valence-corrected chi connectivity index (χ4v) is 1.73. The van der Waals surface area contributed by atoms with E-state index >= 15 is 0 Å². The molecular formula is C12H19ClN2. The molecule has 0 radical (unpaired) electrons. The summed E-state index contributed by atoms with van der Waals surface area (Å²) in [5.41, 5.74) is 1.32. The van der Waals surface area contributed by atoms with Crippen molar-refractivity contribution in [3.63, 3.8) is 0 Å². The largest absolute Gasteiger partial charge is 0.315 e. The van der Waals surface area contributed by atoms with Crippen LogP contribution in [-0.2, 0) is 6.42 Å². The Balaban J connectivity index is 2.54. The first kappa shape index (κ1) is 12.5. The molecule has 0 aliphatic carbocycles. The van der Waals surface area contributed by atoms with Crippen LogP contribution < -0.4 is 5.32 Å². The quantitative estimate of drug-likeness (QED) is 0.827. The van der Waals surface area contributed by atoms with Crippen molar-refractivity contribution < 1.29 is 0 Å². The molecule has 15 heavy (non-hydrogen) atoms. The third-order valence-electron chi connectivity index (χ3n) is 2.39. The van der Waals surface area contributed by atoms with Crippen molar-refractivity contribution in [2.45, 2.75) is 12.5 Å². The van der Waals surface area contributed by atoms with E-state index in [1.165, 1.54) is 5.56 Å². The molecule has 1 N–H and O–H groups in total. The summed E-state index contributed by atoms with van der Waals surface area (Å²) >= 11 is 5.84. The molecule has 0 fully saturated rings. The maximum Gasteiger partial charge on any atom is 0.0406 e. The lowest BCUT2D eigenvalue weighted by Gasteiger charge is -2.20. The zero-order chi connectivity index (χ0) is 11.3. The number of nitrogens with zero attached hydrogens (tertiary/aromatic N) is 1. The van der Waals surface area contributed by atoms with Crippen molar-refractivity contribution in [1.82, 2.24) is 10.2 Å². The lowest BCUT2D eigenvalue weighted by Crippen LogP contribution is -2.37. The van der Waals surface area contributed by atoms with Crippen molar-refractivity contribution >= 4 is 11.6 Å². The normalized spacial score (nSPS) is 13.1. The molecule has 0 saturated carbocycles. The van der Waals surface area contributed by atoms with E-state index in [0.717, 1.165) is 18.0 Å². The van der Waals surface area contributed by atoms with E-state index in [1.807, 2.05) is 19.2 Å². The zero-order valence-electron chi connectivity index (χ0n) is 9.63. The third-order valence-corrected chi connectivity index (χ3v) is 2.64. The van der Waals surface area contributed by atoms with Gasteiger partial charge in [-0.15, -0.1) is 0 Å². The SMILES string of the molecule is CNC(Cc1ccc(Cl)cc1)CN(C)C. The van der Waals surface area contributed by atoms with E-state index in [9.17, 15) is 0 Å². The van der Waals surface area contributed by atoms with Crippen molar-refractivity contribution in [2.24, 2.45) is 0 Å². The predicted molar refractivity (Wildman–Crippen MR) is 66.6 cm³/mol. The standard InChI is InChI=1S/C12H19ClN2/c1-14-12(9-15(2)3)8-10-4-6-11(13)7-5-10/h4-7,12,14H,8-9H2,1-3H3. The Kier molecular flexibility index (Phi) is 5.09. The number of halogens is 1. The summed E-state index contributed by atoms with van der Waals surface area (Å²) in [4.78, 5) is 2.19. The Bertz CT molecular complexity index is 282. The zero-order valence-corrected chi connectivity index (χ0v) is 10.4. The second kappa shape index (κ2) is 6.11. The van der Waals surface area contributed by atoms with Gasteiger partial charge in [0.15, 0.2) is 0 Å². The topological polar surface area (TPSA) is 15.3 Å². The van der Waals surface area contributed by atoms with Gasteiger partial charge in [0.25, 0.3) is 0 Å². The highest BCUT2D eigenvalue weighted by atomic mass is 35.5. The minimum atomic E-state index is 0.487. The van der Waals surface area contributed by atoms with Gasteiger partial charge >= 0.3 is 0 Å². The Morgan fingerprint density at radius 2 is 1.87 bits per heavy atom. The third kappa shape index (κ3) is 4.65. The van der Waals surface area contributed by atoms with Crippen LogP contribution in [0.2, 0.25) is 5.02 Å². The van der Waals surface area contributed by atoms with Crippen LogP contribution in [0.4, 0.5) is 0 Å². The van der Waals surface area contributed by atoms with Crippen LogP contribution in [-0.4, -0.2) is 38.6 Å². The van der Waals surface area contributed by atoms with Crippen LogP contribution in [0.25, 0.3) is 0 Å². The first-order chi connectivity index (χ1) is 7.11. The summed E-state index contributed by atoms with van der Waals surface area (Å²) in [5.74, 6) is 0. The van der Waals surface area contributed by atoms with Gasteiger partial charge in [0, 0.05) is 17.6 Å². The molecular weight excluding hydrogens is 208 g/mol. The van der Waals surface area contributed by atoms with Crippen LogP contribution in [0, 0.1) is 0 Å². The number of rotatable bonds is 5. The first-order valence-corrected chi connectivity index (χ1v) is 5.56. The molecule has 2 nitrogen and oxygen atoms in total. The van der Waals surface area contributed by atoms with Gasteiger partial charge in [-0.25, -0.2) is 0 Å². The molecule has 0 bridgehead atoms. The van der Waals surface area contributed by atoms with E-state index in [0.29, 0.717) is 6.04 Å². The highest BCUT2D eigenvalue weighted by Crippen LogP contribution is 2.11. The lowest BCUT2D eigenvalue weighted by molar-refractivity contribution is 0.346. The highest BCUT2D eigenvalue weighted by molar-refractivity contribution is 6.30. The summed E-state index contributed by atoms with van der Waals surface area (Å²) < 4.78 is 0. The molecule has 0 saturated heterocycles. The molecule has 0 amide bonds. The Labute approximate surface area is 97.2 Å². The maximum absolute atomic E-state index is 5.84. The van der Waals surface area contributed by atoms with Gasteiger partial charge in [0.05, 0.1) is 0 Å². The molecule has 0 spiro atoms. The van der Waals surface area contributed by atoms with Gasteiger partial charge in [-0.05, 0) is 45.3 Å². The maximum atomic E-state index is 5.84. The highest BCUT2D eigenvalue weighted by Gasteiger charge is 2.07. The summed E-state index contributed by atoms with van der Waals surface area (Å²) in [6.07, 6.45) is 1.03. The molecule has 1 unspecified atom stereocenters. The monoisotopic (exact) mass is 226 g/mol. The van der Waals surface area contributed by atoms with Crippen LogP contribution in [0.1, 0.15) is 5.56 Å². The molecule has 1 rings (SSSR count). The van der Waals surface area contributed by atoms with E-state index in [1.54, 1.807) is 0 Å². The minimum Gasteiger partial charge on any atom is -0.315 e. The number of hydrogen-bond donors (Lipinski definition) is 1. The van der Waals surface area contributed by atoms with Crippen molar-refractivity contribution in [3.8, 4) is 0 Å². The number of likely N-dealkylation sites (N-methyl/N-ethyl adjacent to an activating group) is 2. The molecule has 0 aliphatic heterocycles. The number of nitrogens with one attached hydrogen (secondary N) is 1. The molecule has 3 heteroatoms. The Morgan fingerprint density at radius 3 is 2.33 bits per heavy atom. The van der Waals surface area contributed by atoms with E-state index in [4.69, 9.17) is 11.6 Å². The summed E-state index contributed by atoms with van der Waals surface area (Å²) in [6.45, 7) is 1.04. The lowest BCUT2D eigenvalue weighted by atomic mass is 10.1. The second-order valence-electron chi connectivity index (χ2n) is 4.08. The summed E-state index contributed by atoms with van der Waals surface area (Å²) in [7, 11) is 6.18. The molecule has 0 aromatic heterocycles. The van der Waals surface area contributed by atoms with Crippen molar-refractivity contribution in [3.05, 3.63) is 34.9 Å². The Hall–Kier alpha value is -0.570. The summed E-state index contributed by atoms with van der Waals surface area (Å²) in [5, 5.41) is 4.12. The Morgan fingerprint density at radius 1 is 1.27 bits per heavy atom. The fourth-order valence-electron chi connectivity index (χ4n) is 1.60. The average Bonchev–Trinajstić information content (AvgIpc) is 2.19.